The van der Waals surface area contributed by atoms with E-state index in [2.05, 4.69) is 26.2 Å². The fraction of sp³-hybridized carbons (Fsp3) is 0.429. The first-order valence-corrected chi connectivity index (χ1v) is 10.0. The van der Waals surface area contributed by atoms with Gasteiger partial charge in [0.15, 0.2) is 0 Å². The molecule has 1 heterocycles. The van der Waals surface area contributed by atoms with Crippen molar-refractivity contribution in [2.75, 3.05) is 6.54 Å². The zero-order valence-electron chi connectivity index (χ0n) is 16.5. The number of benzene rings is 1. The normalized spacial score (nSPS) is 13.8. The fourth-order valence-corrected chi connectivity index (χ4v) is 3.59. The van der Waals surface area contributed by atoms with E-state index in [1.165, 1.54) is 4.90 Å². The highest BCUT2D eigenvalue weighted by molar-refractivity contribution is 9.10. The number of halogens is 1. The lowest BCUT2D eigenvalue weighted by molar-refractivity contribution is 0.00768. The third kappa shape index (κ3) is 6.58. The Morgan fingerprint density at radius 2 is 1.86 bits per heavy atom. The molecule has 0 bridgehead atoms. The first kappa shape index (κ1) is 22.3. The van der Waals surface area contributed by atoms with E-state index >= 15 is 0 Å². The van der Waals surface area contributed by atoms with Crippen molar-refractivity contribution in [1.82, 2.24) is 15.2 Å². The van der Waals surface area contributed by atoms with Crippen LogP contribution >= 0.6 is 15.9 Å². The lowest BCUT2D eigenvalue weighted by Gasteiger charge is -2.42. The molecule has 0 fully saturated rings. The van der Waals surface area contributed by atoms with E-state index in [9.17, 15) is 15.0 Å². The monoisotopic (exact) mass is 449 g/mol. The van der Waals surface area contributed by atoms with Gasteiger partial charge in [-0.05, 0) is 60.8 Å². The van der Waals surface area contributed by atoms with Crippen LogP contribution < -0.4 is 5.32 Å². The standard InChI is InChI=1S/C21H28BrN3O3/c1-21(2,3)25(20(27)28)17(12-15-8-5-4-6-9-15)18(26)14-23-13-16-10-7-11-19(22)24-16/h4-11,17-18,23,26H,12-14H2,1-3H3,(H,27,28)/t17-,18+/m0/s1. The minimum atomic E-state index is -1.04. The molecule has 0 spiro atoms. The van der Waals surface area contributed by atoms with Crippen molar-refractivity contribution in [1.29, 1.82) is 0 Å². The predicted octanol–water partition coefficient (Wildman–Crippen LogP) is 3.68. The molecule has 2 aromatic rings. The maximum Gasteiger partial charge on any atom is 0.408 e. The van der Waals surface area contributed by atoms with Crippen LogP contribution in [0.3, 0.4) is 0 Å². The van der Waals surface area contributed by atoms with Crippen LogP contribution in [-0.2, 0) is 13.0 Å². The van der Waals surface area contributed by atoms with Gasteiger partial charge in [-0.3, -0.25) is 4.90 Å². The number of aromatic nitrogens is 1. The van der Waals surface area contributed by atoms with E-state index in [4.69, 9.17) is 0 Å². The van der Waals surface area contributed by atoms with E-state index in [1.54, 1.807) is 0 Å². The largest absolute Gasteiger partial charge is 0.465 e. The van der Waals surface area contributed by atoms with E-state index < -0.39 is 23.8 Å². The number of carboxylic acid groups (broad SMARTS) is 1. The Hall–Kier alpha value is -1.96. The predicted molar refractivity (Wildman–Crippen MR) is 113 cm³/mol. The summed E-state index contributed by atoms with van der Waals surface area (Å²) in [6, 6.07) is 14.7. The Labute approximate surface area is 174 Å². The molecule has 0 aliphatic carbocycles. The van der Waals surface area contributed by atoms with Gasteiger partial charge >= 0.3 is 6.09 Å². The van der Waals surface area contributed by atoms with Crippen molar-refractivity contribution in [3.8, 4) is 0 Å². The van der Waals surface area contributed by atoms with E-state index in [0.717, 1.165) is 15.9 Å². The topological polar surface area (TPSA) is 85.7 Å². The fourth-order valence-electron chi connectivity index (χ4n) is 3.21. The molecule has 1 amide bonds. The molecule has 7 heteroatoms. The second-order valence-corrected chi connectivity index (χ2v) is 8.54. The Morgan fingerprint density at radius 3 is 2.43 bits per heavy atom. The average molecular weight is 450 g/mol. The summed E-state index contributed by atoms with van der Waals surface area (Å²) in [6.45, 7) is 6.25. The Morgan fingerprint density at radius 1 is 1.18 bits per heavy atom. The van der Waals surface area contributed by atoms with Crippen LogP contribution in [0.2, 0.25) is 0 Å². The lowest BCUT2D eigenvalue weighted by Crippen LogP contribution is -2.58. The number of carbonyl (C=O) groups is 1. The molecule has 1 aromatic carbocycles. The molecular weight excluding hydrogens is 422 g/mol. The molecule has 0 unspecified atom stereocenters. The van der Waals surface area contributed by atoms with Crippen LogP contribution in [0.25, 0.3) is 0 Å². The number of hydrogen-bond donors (Lipinski definition) is 3. The number of amides is 1. The van der Waals surface area contributed by atoms with Crippen molar-refractivity contribution in [3.63, 3.8) is 0 Å². The van der Waals surface area contributed by atoms with Crippen molar-refractivity contribution in [3.05, 3.63) is 64.4 Å². The molecule has 0 aliphatic rings. The Balaban J connectivity index is 2.13. The van der Waals surface area contributed by atoms with Crippen LogP contribution in [0, 0.1) is 0 Å². The molecule has 0 saturated heterocycles. The summed E-state index contributed by atoms with van der Waals surface area (Å²) in [5, 5.41) is 23.9. The van der Waals surface area contributed by atoms with Gasteiger partial charge in [0.25, 0.3) is 0 Å². The smallest absolute Gasteiger partial charge is 0.408 e. The van der Waals surface area contributed by atoms with Crippen molar-refractivity contribution in [2.45, 2.75) is 51.4 Å². The lowest BCUT2D eigenvalue weighted by atomic mass is 9.94. The van der Waals surface area contributed by atoms with Crippen molar-refractivity contribution < 1.29 is 15.0 Å². The van der Waals surface area contributed by atoms with Crippen molar-refractivity contribution in [2.24, 2.45) is 0 Å². The van der Waals surface area contributed by atoms with E-state index in [-0.39, 0.29) is 6.54 Å². The summed E-state index contributed by atoms with van der Waals surface area (Å²) < 4.78 is 0.749. The second-order valence-electron chi connectivity index (χ2n) is 7.73. The molecule has 28 heavy (non-hydrogen) atoms. The number of pyridine rings is 1. The number of nitrogens with zero attached hydrogens (tertiary/aromatic N) is 2. The highest BCUT2D eigenvalue weighted by Gasteiger charge is 2.37. The average Bonchev–Trinajstić information content (AvgIpc) is 2.60. The van der Waals surface area contributed by atoms with Gasteiger partial charge in [-0.1, -0.05) is 36.4 Å². The van der Waals surface area contributed by atoms with Gasteiger partial charge in [-0.15, -0.1) is 0 Å². The molecule has 2 atom stereocenters. The molecule has 1 aromatic heterocycles. The molecule has 0 saturated carbocycles. The molecule has 0 radical (unpaired) electrons. The number of aliphatic hydroxyl groups excluding tert-OH is 1. The quantitative estimate of drug-likeness (QED) is 0.535. The van der Waals surface area contributed by atoms with Crippen LogP contribution in [0.5, 0.6) is 0 Å². The van der Waals surface area contributed by atoms with Crippen LogP contribution in [-0.4, -0.2) is 50.4 Å². The molecular formula is C21H28BrN3O3. The number of hydrogen-bond acceptors (Lipinski definition) is 4. The summed E-state index contributed by atoms with van der Waals surface area (Å²) in [6.07, 6.45) is -1.48. The molecule has 6 nitrogen and oxygen atoms in total. The van der Waals surface area contributed by atoms with Gasteiger partial charge < -0.3 is 15.5 Å². The summed E-state index contributed by atoms with van der Waals surface area (Å²) >= 11 is 3.34. The van der Waals surface area contributed by atoms with Crippen LogP contribution in [0.1, 0.15) is 32.0 Å². The van der Waals surface area contributed by atoms with Crippen LogP contribution in [0.15, 0.2) is 53.1 Å². The second kappa shape index (κ2) is 10.0. The third-order valence-electron chi connectivity index (χ3n) is 4.42. The minimum absolute atomic E-state index is 0.256. The number of aliphatic hydroxyl groups is 1. The zero-order chi connectivity index (χ0) is 20.7. The summed E-state index contributed by atoms with van der Waals surface area (Å²) in [4.78, 5) is 17.7. The Bertz CT molecular complexity index is 765. The summed E-state index contributed by atoms with van der Waals surface area (Å²) in [7, 11) is 0. The zero-order valence-corrected chi connectivity index (χ0v) is 18.1. The van der Waals surface area contributed by atoms with Crippen molar-refractivity contribution >= 4 is 22.0 Å². The first-order chi connectivity index (χ1) is 13.2. The van der Waals surface area contributed by atoms with E-state index in [0.29, 0.717) is 13.0 Å². The van der Waals surface area contributed by atoms with E-state index in [1.807, 2.05) is 69.3 Å². The number of rotatable bonds is 8. The van der Waals surface area contributed by atoms with Gasteiger partial charge in [0.05, 0.1) is 17.8 Å². The number of nitrogens with one attached hydrogen (secondary N) is 1. The highest BCUT2D eigenvalue weighted by Crippen LogP contribution is 2.22. The van der Waals surface area contributed by atoms with Gasteiger partial charge in [-0.25, -0.2) is 9.78 Å². The summed E-state index contributed by atoms with van der Waals surface area (Å²) in [5.41, 5.74) is 1.18. The highest BCUT2D eigenvalue weighted by atomic mass is 79.9. The minimum Gasteiger partial charge on any atom is -0.465 e. The van der Waals surface area contributed by atoms with Gasteiger partial charge in [0, 0.05) is 18.6 Å². The SMILES string of the molecule is CC(C)(C)N(C(=O)O)[C@@H](Cc1ccccc1)[C@H](O)CNCc1cccc(Br)n1. The third-order valence-corrected chi connectivity index (χ3v) is 4.87. The van der Waals surface area contributed by atoms with Gasteiger partial charge in [0.1, 0.15) is 4.60 Å². The maximum absolute atomic E-state index is 12.0. The Kier molecular flexibility index (Phi) is 7.98. The van der Waals surface area contributed by atoms with Crippen LogP contribution in [0.4, 0.5) is 4.79 Å². The molecule has 152 valence electrons. The molecule has 2 rings (SSSR count). The molecule has 3 N–H and O–H groups in total. The van der Waals surface area contributed by atoms with Gasteiger partial charge in [-0.2, -0.15) is 0 Å². The molecule has 0 aliphatic heterocycles. The maximum atomic E-state index is 12.0. The van der Waals surface area contributed by atoms with Gasteiger partial charge in [0.2, 0.25) is 0 Å². The summed E-state index contributed by atoms with van der Waals surface area (Å²) in [5.74, 6) is 0. The first-order valence-electron chi connectivity index (χ1n) is 9.25.